The lowest BCUT2D eigenvalue weighted by atomic mass is 9.92. The Morgan fingerprint density at radius 2 is 0.661 bits per heavy atom. The van der Waals surface area contributed by atoms with Crippen LogP contribution in [0, 0.1) is 62.3 Å². The van der Waals surface area contributed by atoms with Crippen molar-refractivity contribution in [3.8, 4) is 44.5 Å². The van der Waals surface area contributed by atoms with Gasteiger partial charge in [0.2, 0.25) is 0 Å². The van der Waals surface area contributed by atoms with Crippen LogP contribution >= 0.6 is 12.6 Å². The van der Waals surface area contributed by atoms with E-state index in [-0.39, 0.29) is 0 Å². The molecule has 0 spiro atoms. The minimum absolute atomic E-state index is 0.678. The molecule has 0 aliphatic carbocycles. The van der Waals surface area contributed by atoms with Gasteiger partial charge in [0.15, 0.2) is 0 Å². The second kappa shape index (κ2) is 14.9. The molecule has 9 rings (SSSR count). The Morgan fingerprint density at radius 3 is 0.966 bits per heavy atom. The molecule has 2 N–H and O–H groups in total. The highest BCUT2D eigenvalue weighted by molar-refractivity contribution is 7.79. The van der Waals surface area contributed by atoms with Gasteiger partial charge in [-0.3, -0.25) is 0 Å². The van der Waals surface area contributed by atoms with Gasteiger partial charge in [-0.25, -0.2) is 9.97 Å². The largest absolute Gasteiger partial charge is 0.354 e. The minimum atomic E-state index is 0.678. The van der Waals surface area contributed by atoms with Gasteiger partial charge in [-0.05, 0) is 172 Å². The molecule has 0 radical (unpaired) electrons. The zero-order chi connectivity index (χ0) is 41.3. The van der Waals surface area contributed by atoms with E-state index < -0.39 is 0 Å². The molecule has 0 saturated heterocycles. The Hall–Kier alpha value is -6.17. The standard InChI is InChI=1S/C54H50N4S/c1-29-22-32(4)48(33(5)23-29)52-42-16-14-40(55-42)51(39-12-10-38(28-59)11-13-39)41-15-17-43(56-41)53(49-34(6)24-30(2)25-35(49)7)45-19-21-47(58-45)54(46-20-18-44(52)57-46)50-36(8)26-31(3)27-37(50)9/h10-27,55,58-59H,28H2,1-9H3. The third kappa shape index (κ3) is 6.77. The zero-order valence-corrected chi connectivity index (χ0v) is 36.3. The van der Waals surface area contributed by atoms with Crippen LogP contribution in [0.25, 0.3) is 90.9 Å². The number of rotatable bonds is 5. The van der Waals surface area contributed by atoms with E-state index in [4.69, 9.17) is 9.97 Å². The van der Waals surface area contributed by atoms with Crippen LogP contribution in [-0.4, -0.2) is 19.9 Å². The van der Waals surface area contributed by atoms with Crippen LogP contribution in [0.1, 0.15) is 78.4 Å². The van der Waals surface area contributed by atoms with E-state index in [0.717, 1.165) is 72.7 Å². The summed E-state index contributed by atoms with van der Waals surface area (Å²) in [7, 11) is 0. The van der Waals surface area contributed by atoms with Crippen molar-refractivity contribution in [1.29, 1.82) is 0 Å². The maximum absolute atomic E-state index is 5.61. The summed E-state index contributed by atoms with van der Waals surface area (Å²) in [4.78, 5) is 19.1. The highest BCUT2D eigenvalue weighted by Crippen LogP contribution is 2.42. The maximum Gasteiger partial charge on any atom is 0.0737 e. The Kier molecular flexibility index (Phi) is 9.68. The molecule has 7 aromatic rings. The summed E-state index contributed by atoms with van der Waals surface area (Å²) in [5, 5.41) is 0. The van der Waals surface area contributed by atoms with Crippen molar-refractivity contribution in [3.63, 3.8) is 0 Å². The quantitative estimate of drug-likeness (QED) is 0.152. The summed E-state index contributed by atoms with van der Waals surface area (Å²) in [6.45, 7) is 19.8. The number of hydrogen-bond donors (Lipinski definition) is 3. The zero-order valence-electron chi connectivity index (χ0n) is 35.4. The van der Waals surface area contributed by atoms with Crippen LogP contribution < -0.4 is 0 Å². The first-order valence-electron chi connectivity index (χ1n) is 20.5. The predicted octanol–water partition coefficient (Wildman–Crippen LogP) is 14.5. The fourth-order valence-electron chi connectivity index (χ4n) is 9.80. The SMILES string of the molecule is Cc1cc(C)c(-c2c3nc(c(-c4c(C)cc(C)cc4C)c4ccc([nH]4)c(-c4c(C)cc(C)cc4C)c4nc(c(-c5ccc(CS)cc5)c5ccc2[nH]5)C=C4)C=C3)c(C)c1. The summed E-state index contributed by atoms with van der Waals surface area (Å²) < 4.78 is 0. The van der Waals surface area contributed by atoms with Gasteiger partial charge in [-0.15, -0.1) is 0 Å². The van der Waals surface area contributed by atoms with Crippen molar-refractivity contribution in [2.24, 2.45) is 0 Å². The van der Waals surface area contributed by atoms with E-state index in [2.05, 4.69) is 194 Å². The first-order valence-corrected chi connectivity index (χ1v) is 21.1. The second-order valence-electron chi connectivity index (χ2n) is 16.7. The summed E-state index contributed by atoms with van der Waals surface area (Å²) in [5.41, 5.74) is 28.9. The van der Waals surface area contributed by atoms with Gasteiger partial charge in [-0.1, -0.05) is 77.4 Å². The first-order chi connectivity index (χ1) is 28.4. The van der Waals surface area contributed by atoms with Crippen LogP contribution in [0.4, 0.5) is 0 Å². The van der Waals surface area contributed by atoms with Gasteiger partial charge in [0.1, 0.15) is 0 Å². The lowest BCUT2D eigenvalue weighted by molar-refractivity contribution is 1.27. The first kappa shape index (κ1) is 38.4. The number of aryl methyl sites for hydroxylation is 9. The number of thiol groups is 1. The van der Waals surface area contributed by atoms with E-state index in [1.807, 2.05) is 0 Å². The molecule has 0 atom stereocenters. The van der Waals surface area contributed by atoms with E-state index >= 15 is 0 Å². The van der Waals surface area contributed by atoms with Crippen LogP contribution in [0.3, 0.4) is 0 Å². The molecule has 5 heteroatoms. The molecule has 0 saturated carbocycles. The number of aromatic nitrogens is 4. The van der Waals surface area contributed by atoms with Gasteiger partial charge in [0.05, 0.1) is 22.8 Å². The normalized spacial score (nSPS) is 12.2. The molecule has 0 amide bonds. The topological polar surface area (TPSA) is 57.4 Å². The Bertz CT molecular complexity index is 2990. The van der Waals surface area contributed by atoms with Crippen molar-refractivity contribution in [2.75, 3.05) is 0 Å². The molecule has 2 aliphatic heterocycles. The molecule has 8 bridgehead atoms. The Morgan fingerprint density at radius 1 is 0.373 bits per heavy atom. The summed E-state index contributed by atoms with van der Waals surface area (Å²) in [6.07, 6.45) is 8.77. The van der Waals surface area contributed by atoms with Crippen molar-refractivity contribution < 1.29 is 0 Å². The van der Waals surface area contributed by atoms with E-state index in [1.165, 1.54) is 72.3 Å². The van der Waals surface area contributed by atoms with Crippen LogP contribution in [0.5, 0.6) is 0 Å². The minimum Gasteiger partial charge on any atom is -0.354 e. The molecule has 5 heterocycles. The molecule has 0 fully saturated rings. The molecule has 4 nitrogen and oxygen atoms in total. The molecular weight excluding hydrogens is 737 g/mol. The molecule has 3 aromatic heterocycles. The number of benzene rings is 4. The van der Waals surface area contributed by atoms with Crippen LogP contribution in [0.2, 0.25) is 0 Å². The molecule has 4 aromatic carbocycles. The van der Waals surface area contributed by atoms with E-state index in [1.54, 1.807) is 0 Å². The van der Waals surface area contributed by atoms with E-state index in [0.29, 0.717) is 5.75 Å². The Balaban J connectivity index is 1.52. The van der Waals surface area contributed by atoms with Crippen molar-refractivity contribution in [1.82, 2.24) is 19.9 Å². The van der Waals surface area contributed by atoms with Gasteiger partial charge in [0.25, 0.3) is 0 Å². The fraction of sp³-hybridized carbons (Fsp3) is 0.185. The molecule has 59 heavy (non-hydrogen) atoms. The molecule has 2 aliphatic rings. The number of aromatic amines is 2. The number of H-pyrrole nitrogens is 2. The third-order valence-electron chi connectivity index (χ3n) is 12.0. The fourth-order valence-corrected chi connectivity index (χ4v) is 10.0. The van der Waals surface area contributed by atoms with Gasteiger partial charge >= 0.3 is 0 Å². The molecule has 0 unspecified atom stereocenters. The number of nitrogens with one attached hydrogen (secondary N) is 2. The van der Waals surface area contributed by atoms with Gasteiger partial charge < -0.3 is 9.97 Å². The second-order valence-corrected chi connectivity index (χ2v) is 17.0. The summed E-state index contributed by atoms with van der Waals surface area (Å²) >= 11 is 4.57. The Labute approximate surface area is 353 Å². The predicted molar refractivity (Wildman–Crippen MR) is 256 cm³/mol. The number of fused-ring (bicyclic) bond motifs is 8. The van der Waals surface area contributed by atoms with Crippen LogP contribution in [-0.2, 0) is 5.75 Å². The van der Waals surface area contributed by atoms with E-state index in [9.17, 15) is 0 Å². The summed E-state index contributed by atoms with van der Waals surface area (Å²) in [5.74, 6) is 0.678. The van der Waals surface area contributed by atoms with Gasteiger partial charge in [-0.2, -0.15) is 12.6 Å². The highest BCUT2D eigenvalue weighted by Gasteiger charge is 2.22. The van der Waals surface area contributed by atoms with Gasteiger partial charge in [0, 0.05) is 50.1 Å². The average molecular weight is 787 g/mol. The molecular formula is C54H50N4S. The smallest absolute Gasteiger partial charge is 0.0737 e. The monoisotopic (exact) mass is 786 g/mol. The lowest BCUT2D eigenvalue weighted by Crippen LogP contribution is -1.96. The maximum atomic E-state index is 5.61. The molecule has 292 valence electrons. The third-order valence-corrected chi connectivity index (χ3v) is 12.3. The van der Waals surface area contributed by atoms with Crippen LogP contribution in [0.15, 0.2) is 84.9 Å². The highest BCUT2D eigenvalue weighted by atomic mass is 32.1. The lowest BCUT2D eigenvalue weighted by Gasteiger charge is -2.14. The van der Waals surface area contributed by atoms with Crippen molar-refractivity contribution in [2.45, 2.75) is 68.1 Å². The summed E-state index contributed by atoms with van der Waals surface area (Å²) in [6, 6.07) is 31.3. The number of hydrogen-bond acceptors (Lipinski definition) is 3. The average Bonchev–Trinajstić information content (AvgIpc) is 4.02. The van der Waals surface area contributed by atoms with Crippen molar-refractivity contribution in [3.05, 3.63) is 163 Å². The number of nitrogens with zero attached hydrogens (tertiary/aromatic N) is 2. The van der Waals surface area contributed by atoms with Crippen molar-refractivity contribution >= 4 is 59.0 Å².